The van der Waals surface area contributed by atoms with Crippen LogP contribution in [0.3, 0.4) is 0 Å². The summed E-state index contributed by atoms with van der Waals surface area (Å²) >= 11 is 0. The van der Waals surface area contributed by atoms with Crippen LogP contribution < -0.4 is 0 Å². The first-order valence-corrected chi connectivity index (χ1v) is 6.17. The third-order valence-corrected chi connectivity index (χ3v) is 3.54. The first-order chi connectivity index (χ1) is 8.59. The molecule has 2 atom stereocenters. The summed E-state index contributed by atoms with van der Waals surface area (Å²) in [4.78, 5) is 24.6. The van der Waals surface area contributed by atoms with Crippen LogP contribution in [-0.4, -0.2) is 28.4 Å². The van der Waals surface area contributed by atoms with Crippen molar-refractivity contribution in [1.29, 1.82) is 0 Å². The lowest BCUT2D eigenvalue weighted by Crippen LogP contribution is -2.43. The number of aliphatic carboxylic acids is 1. The van der Waals surface area contributed by atoms with Gasteiger partial charge in [-0.1, -0.05) is 30.3 Å². The summed E-state index contributed by atoms with van der Waals surface area (Å²) < 4.78 is 0. The molecule has 1 amide bonds. The van der Waals surface area contributed by atoms with Gasteiger partial charge in [0.25, 0.3) is 0 Å². The predicted molar refractivity (Wildman–Crippen MR) is 66.9 cm³/mol. The molecule has 0 radical (unpaired) electrons. The molecule has 0 saturated carbocycles. The van der Waals surface area contributed by atoms with E-state index in [1.54, 1.807) is 4.90 Å². The minimum Gasteiger partial charge on any atom is -0.481 e. The topological polar surface area (TPSA) is 57.6 Å². The van der Waals surface area contributed by atoms with Crippen molar-refractivity contribution in [3.63, 3.8) is 0 Å². The molecular formula is C14H17NO3. The van der Waals surface area contributed by atoms with E-state index in [1.807, 2.05) is 37.3 Å². The maximum Gasteiger partial charge on any atom is 0.308 e. The molecule has 96 valence electrons. The van der Waals surface area contributed by atoms with E-state index < -0.39 is 11.9 Å². The van der Waals surface area contributed by atoms with Gasteiger partial charge in [0.05, 0.1) is 12.0 Å². The average Bonchev–Trinajstić information content (AvgIpc) is 2.39. The molecule has 4 heteroatoms. The minimum absolute atomic E-state index is 0.0452. The van der Waals surface area contributed by atoms with Gasteiger partial charge in [0.2, 0.25) is 5.91 Å². The molecule has 0 aromatic heterocycles. The summed E-state index contributed by atoms with van der Waals surface area (Å²) in [5.41, 5.74) is 1.04. The molecular weight excluding hydrogens is 230 g/mol. The van der Waals surface area contributed by atoms with E-state index in [-0.39, 0.29) is 11.9 Å². The zero-order valence-electron chi connectivity index (χ0n) is 10.4. The number of carbonyl (C=O) groups excluding carboxylic acids is 1. The Morgan fingerprint density at radius 2 is 2.06 bits per heavy atom. The van der Waals surface area contributed by atoms with E-state index in [9.17, 15) is 9.59 Å². The number of rotatable bonds is 3. The van der Waals surface area contributed by atoms with Crippen molar-refractivity contribution < 1.29 is 14.7 Å². The van der Waals surface area contributed by atoms with Crippen LogP contribution >= 0.6 is 0 Å². The van der Waals surface area contributed by atoms with Crippen molar-refractivity contribution in [3.8, 4) is 0 Å². The average molecular weight is 247 g/mol. The Bertz CT molecular complexity index is 444. The summed E-state index contributed by atoms with van der Waals surface area (Å²) in [7, 11) is 0. The minimum atomic E-state index is -0.812. The van der Waals surface area contributed by atoms with Crippen molar-refractivity contribution in [1.82, 2.24) is 4.90 Å². The summed E-state index contributed by atoms with van der Waals surface area (Å²) in [5.74, 6) is -1.20. The second-order valence-electron chi connectivity index (χ2n) is 4.71. The van der Waals surface area contributed by atoms with E-state index in [2.05, 4.69) is 0 Å². The SMILES string of the molecule is CC(c1ccccc1)N1CC(C(=O)O)CCC1=O. The Morgan fingerprint density at radius 3 is 2.67 bits per heavy atom. The maximum absolute atomic E-state index is 11.9. The molecule has 2 rings (SSSR count). The Kier molecular flexibility index (Phi) is 3.65. The fraction of sp³-hybridized carbons (Fsp3) is 0.429. The smallest absolute Gasteiger partial charge is 0.308 e. The van der Waals surface area contributed by atoms with Gasteiger partial charge in [-0.3, -0.25) is 9.59 Å². The Morgan fingerprint density at radius 1 is 1.39 bits per heavy atom. The van der Waals surface area contributed by atoms with Gasteiger partial charge in [0.1, 0.15) is 0 Å². The molecule has 1 heterocycles. The van der Waals surface area contributed by atoms with Crippen LogP contribution in [0.25, 0.3) is 0 Å². The van der Waals surface area contributed by atoms with Gasteiger partial charge in [-0.25, -0.2) is 0 Å². The third-order valence-electron chi connectivity index (χ3n) is 3.54. The zero-order valence-corrected chi connectivity index (χ0v) is 10.4. The first kappa shape index (κ1) is 12.6. The number of carbonyl (C=O) groups is 2. The van der Waals surface area contributed by atoms with Gasteiger partial charge in [-0.15, -0.1) is 0 Å². The molecule has 1 aliphatic heterocycles. The largest absolute Gasteiger partial charge is 0.481 e. The summed E-state index contributed by atoms with van der Waals surface area (Å²) in [6, 6.07) is 9.63. The van der Waals surface area contributed by atoms with E-state index in [4.69, 9.17) is 5.11 Å². The Balaban J connectivity index is 2.15. The van der Waals surface area contributed by atoms with Crippen LogP contribution in [0.5, 0.6) is 0 Å². The molecule has 0 bridgehead atoms. The molecule has 0 spiro atoms. The Labute approximate surface area is 106 Å². The maximum atomic E-state index is 11.9. The van der Waals surface area contributed by atoms with Gasteiger partial charge < -0.3 is 10.0 Å². The van der Waals surface area contributed by atoms with Crippen LogP contribution in [0.4, 0.5) is 0 Å². The number of amides is 1. The summed E-state index contributed by atoms with van der Waals surface area (Å²) in [6.07, 6.45) is 0.778. The monoisotopic (exact) mass is 247 g/mol. The van der Waals surface area contributed by atoms with E-state index in [0.717, 1.165) is 5.56 Å². The molecule has 1 aromatic rings. The molecule has 2 unspecified atom stereocenters. The summed E-state index contributed by atoms with van der Waals surface area (Å²) in [5, 5.41) is 9.06. The standard InChI is InChI=1S/C14H17NO3/c1-10(11-5-3-2-4-6-11)15-9-12(14(17)18)7-8-13(15)16/h2-6,10,12H,7-9H2,1H3,(H,17,18). The lowest BCUT2D eigenvalue weighted by atomic mass is 9.95. The van der Waals surface area contributed by atoms with Crippen LogP contribution in [0, 0.1) is 5.92 Å². The molecule has 1 aliphatic rings. The van der Waals surface area contributed by atoms with Gasteiger partial charge in [-0.05, 0) is 18.9 Å². The number of carboxylic acid groups (broad SMARTS) is 1. The lowest BCUT2D eigenvalue weighted by Gasteiger charge is -2.35. The number of piperidine rings is 1. The normalized spacial score (nSPS) is 21.7. The van der Waals surface area contributed by atoms with Crippen molar-refractivity contribution in [2.75, 3.05) is 6.54 Å². The second kappa shape index (κ2) is 5.21. The highest BCUT2D eigenvalue weighted by atomic mass is 16.4. The number of hydrogen-bond donors (Lipinski definition) is 1. The molecule has 1 aromatic carbocycles. The van der Waals surface area contributed by atoms with Crippen molar-refractivity contribution >= 4 is 11.9 Å². The highest BCUT2D eigenvalue weighted by molar-refractivity contribution is 5.80. The molecule has 1 fully saturated rings. The highest BCUT2D eigenvalue weighted by Gasteiger charge is 2.32. The van der Waals surface area contributed by atoms with Crippen LogP contribution in [0.15, 0.2) is 30.3 Å². The number of hydrogen-bond acceptors (Lipinski definition) is 2. The van der Waals surface area contributed by atoms with Crippen molar-refractivity contribution in [2.45, 2.75) is 25.8 Å². The molecule has 1 N–H and O–H groups in total. The van der Waals surface area contributed by atoms with Gasteiger partial charge in [-0.2, -0.15) is 0 Å². The highest BCUT2D eigenvalue weighted by Crippen LogP contribution is 2.27. The quantitative estimate of drug-likeness (QED) is 0.889. The number of benzene rings is 1. The van der Waals surface area contributed by atoms with E-state index >= 15 is 0 Å². The molecule has 18 heavy (non-hydrogen) atoms. The fourth-order valence-corrected chi connectivity index (χ4v) is 2.36. The van der Waals surface area contributed by atoms with E-state index in [1.165, 1.54) is 0 Å². The van der Waals surface area contributed by atoms with Crippen molar-refractivity contribution in [2.24, 2.45) is 5.92 Å². The van der Waals surface area contributed by atoms with Crippen LogP contribution in [-0.2, 0) is 9.59 Å². The zero-order chi connectivity index (χ0) is 13.1. The van der Waals surface area contributed by atoms with Crippen LogP contribution in [0.2, 0.25) is 0 Å². The van der Waals surface area contributed by atoms with E-state index in [0.29, 0.717) is 19.4 Å². The van der Waals surface area contributed by atoms with Gasteiger partial charge in [0.15, 0.2) is 0 Å². The number of likely N-dealkylation sites (tertiary alicyclic amines) is 1. The van der Waals surface area contributed by atoms with Gasteiger partial charge >= 0.3 is 5.97 Å². The fourth-order valence-electron chi connectivity index (χ4n) is 2.36. The number of nitrogens with zero attached hydrogens (tertiary/aromatic N) is 1. The first-order valence-electron chi connectivity index (χ1n) is 6.17. The Hall–Kier alpha value is -1.84. The lowest BCUT2D eigenvalue weighted by molar-refractivity contribution is -0.148. The third kappa shape index (κ3) is 2.53. The predicted octanol–water partition coefficient (Wildman–Crippen LogP) is 2.07. The second-order valence-corrected chi connectivity index (χ2v) is 4.71. The molecule has 0 aliphatic carbocycles. The summed E-state index contributed by atoms with van der Waals surface area (Å²) in [6.45, 7) is 2.25. The van der Waals surface area contributed by atoms with Crippen LogP contribution in [0.1, 0.15) is 31.4 Å². The molecule has 1 saturated heterocycles. The molecule has 4 nitrogen and oxygen atoms in total. The number of carboxylic acids is 1. The van der Waals surface area contributed by atoms with Gasteiger partial charge in [0, 0.05) is 13.0 Å². The van der Waals surface area contributed by atoms with Crippen molar-refractivity contribution in [3.05, 3.63) is 35.9 Å².